The number of rotatable bonds is 3. The molecule has 3 unspecified atom stereocenters. The van der Waals surface area contributed by atoms with Gasteiger partial charge in [0, 0.05) is 26.2 Å². The van der Waals surface area contributed by atoms with Gasteiger partial charge in [-0.1, -0.05) is 43.3 Å². The lowest BCUT2D eigenvalue weighted by atomic mass is 10.2. The van der Waals surface area contributed by atoms with Crippen molar-refractivity contribution >= 4 is 17.2 Å². The van der Waals surface area contributed by atoms with Crippen LogP contribution < -0.4 is 15.5 Å². The fourth-order valence-electron chi connectivity index (χ4n) is 3.98. The third kappa shape index (κ3) is 5.02. The number of carbonyl (C=O) groups excluding carboxylic acids is 1. The summed E-state index contributed by atoms with van der Waals surface area (Å²) in [5, 5.41) is 9.91. The Kier molecular flexibility index (Phi) is 6.46. The van der Waals surface area contributed by atoms with E-state index in [0.29, 0.717) is 18.1 Å². The molecule has 2 aliphatic rings. The predicted molar refractivity (Wildman–Crippen MR) is 119 cm³/mol. The van der Waals surface area contributed by atoms with Crippen LogP contribution in [-0.4, -0.2) is 58.9 Å². The Bertz CT molecular complexity index is 997. The van der Waals surface area contributed by atoms with E-state index in [9.17, 15) is 9.18 Å². The van der Waals surface area contributed by atoms with Crippen LogP contribution in [0.5, 0.6) is 0 Å². The Morgan fingerprint density at radius 3 is 2.48 bits per heavy atom. The number of benzene rings is 1. The summed E-state index contributed by atoms with van der Waals surface area (Å²) in [5.41, 5.74) is 2.71. The minimum absolute atomic E-state index is 0.0779. The Balaban J connectivity index is 0.000000334. The van der Waals surface area contributed by atoms with Gasteiger partial charge in [0.05, 0.1) is 17.9 Å². The molecule has 0 bridgehead atoms. The minimum Gasteiger partial charge on any atom is -0.370 e. The van der Waals surface area contributed by atoms with Crippen molar-refractivity contribution in [3.8, 4) is 0 Å². The van der Waals surface area contributed by atoms with Gasteiger partial charge in [0.15, 0.2) is 5.65 Å². The van der Waals surface area contributed by atoms with Crippen LogP contribution in [0.1, 0.15) is 29.5 Å². The summed E-state index contributed by atoms with van der Waals surface area (Å²) in [6.07, 6.45) is 2.02. The van der Waals surface area contributed by atoms with Crippen molar-refractivity contribution in [3.05, 3.63) is 60.0 Å². The van der Waals surface area contributed by atoms with E-state index in [1.54, 1.807) is 4.52 Å². The number of aryl methyl sites for hydroxylation is 1. The maximum absolute atomic E-state index is 13.7. The molecule has 2 N–H and O–H groups in total. The number of nitrogens with zero attached hydrogens (tertiary/aromatic N) is 4. The molecule has 2 aliphatic heterocycles. The first kappa shape index (κ1) is 21.2. The van der Waals surface area contributed by atoms with E-state index in [0.717, 1.165) is 24.3 Å². The van der Waals surface area contributed by atoms with Gasteiger partial charge in [-0.2, -0.15) is 0 Å². The van der Waals surface area contributed by atoms with Gasteiger partial charge in [-0.05, 0) is 30.9 Å². The average molecular weight is 425 g/mol. The summed E-state index contributed by atoms with van der Waals surface area (Å²) in [5.74, 6) is 0.326. The Hall–Kier alpha value is -3.00. The number of alkyl halides is 1. The molecule has 2 fully saturated rings. The fourth-order valence-corrected chi connectivity index (χ4v) is 3.98. The molecule has 5 rings (SSSR count). The monoisotopic (exact) mass is 424 g/mol. The van der Waals surface area contributed by atoms with E-state index in [-0.39, 0.29) is 12.4 Å². The van der Waals surface area contributed by atoms with Crippen molar-refractivity contribution in [1.29, 1.82) is 0 Å². The summed E-state index contributed by atoms with van der Waals surface area (Å²) in [6.45, 7) is 6.96. The van der Waals surface area contributed by atoms with Crippen LogP contribution in [0.2, 0.25) is 0 Å². The van der Waals surface area contributed by atoms with Crippen molar-refractivity contribution in [1.82, 2.24) is 25.2 Å². The lowest BCUT2D eigenvalue weighted by molar-refractivity contribution is 0.0914. The number of pyridine rings is 1. The second-order valence-electron chi connectivity index (χ2n) is 8.33. The molecule has 2 aromatic heterocycles. The highest BCUT2D eigenvalue weighted by Crippen LogP contribution is 2.25. The number of aromatic nitrogens is 3. The van der Waals surface area contributed by atoms with Crippen LogP contribution in [0.25, 0.3) is 5.65 Å². The van der Waals surface area contributed by atoms with Crippen LogP contribution in [0.15, 0.2) is 48.7 Å². The molecular formula is C23H29FN6O. The van der Waals surface area contributed by atoms with Crippen LogP contribution in [0, 0.1) is 12.8 Å². The largest absolute Gasteiger partial charge is 0.370 e. The molecule has 3 atom stereocenters. The average Bonchev–Trinajstić information content (AvgIpc) is 3.50. The molecule has 2 saturated heterocycles. The predicted octanol–water partition coefficient (Wildman–Crippen LogP) is 2.61. The molecule has 31 heavy (non-hydrogen) atoms. The van der Waals surface area contributed by atoms with E-state index >= 15 is 0 Å². The third-order valence-corrected chi connectivity index (χ3v) is 5.72. The maximum atomic E-state index is 13.7. The Morgan fingerprint density at radius 2 is 1.90 bits per heavy atom. The molecular weight excluding hydrogens is 395 g/mol. The van der Waals surface area contributed by atoms with Crippen LogP contribution in [0.3, 0.4) is 0 Å². The van der Waals surface area contributed by atoms with Gasteiger partial charge in [0.2, 0.25) is 5.82 Å². The number of amides is 1. The first-order valence-corrected chi connectivity index (χ1v) is 10.8. The second kappa shape index (κ2) is 9.43. The van der Waals surface area contributed by atoms with E-state index in [4.69, 9.17) is 0 Å². The number of carbonyl (C=O) groups is 1. The van der Waals surface area contributed by atoms with E-state index in [1.165, 1.54) is 6.42 Å². The molecule has 8 heteroatoms. The van der Waals surface area contributed by atoms with Gasteiger partial charge in [-0.15, -0.1) is 5.10 Å². The third-order valence-electron chi connectivity index (χ3n) is 5.72. The highest BCUT2D eigenvalue weighted by Gasteiger charge is 2.29. The van der Waals surface area contributed by atoms with Crippen molar-refractivity contribution in [3.63, 3.8) is 0 Å². The lowest BCUT2D eigenvalue weighted by Crippen LogP contribution is -2.41. The standard InChI is InChI=1S/C17H23FN6O.C6H6/c1-10-3-4-23(8-10)12-5-11(2)16-21-15(22-24(16)9-12)17(25)20-14-7-19-6-13(14)18;1-2-4-6-5-3-1/h5,9-10,13-14,19H,3-4,6-8H2,1-2H3,(H,20,25);1-6H. The zero-order valence-electron chi connectivity index (χ0n) is 18.0. The molecule has 164 valence electrons. The molecule has 0 saturated carbocycles. The molecule has 4 heterocycles. The van der Waals surface area contributed by atoms with Crippen LogP contribution in [-0.2, 0) is 0 Å². The molecule has 7 nitrogen and oxygen atoms in total. The quantitative estimate of drug-likeness (QED) is 0.676. The second-order valence-corrected chi connectivity index (χ2v) is 8.33. The summed E-state index contributed by atoms with van der Waals surface area (Å²) in [4.78, 5) is 19.0. The highest BCUT2D eigenvalue weighted by molar-refractivity contribution is 5.91. The van der Waals surface area contributed by atoms with Crippen LogP contribution in [0.4, 0.5) is 10.1 Å². The number of anilines is 1. The molecule has 0 radical (unpaired) electrons. The number of fused-ring (bicyclic) bond motifs is 1. The summed E-state index contributed by atoms with van der Waals surface area (Å²) in [6, 6.07) is 13.6. The first-order valence-electron chi connectivity index (χ1n) is 10.8. The van der Waals surface area contributed by atoms with Crippen molar-refractivity contribution in [2.45, 2.75) is 32.5 Å². The maximum Gasteiger partial charge on any atom is 0.291 e. The summed E-state index contributed by atoms with van der Waals surface area (Å²) >= 11 is 0. The molecule has 0 aliphatic carbocycles. The van der Waals surface area contributed by atoms with Crippen molar-refractivity contribution in [2.75, 3.05) is 31.1 Å². The first-order chi connectivity index (χ1) is 15.0. The topological polar surface area (TPSA) is 74.6 Å². The van der Waals surface area contributed by atoms with Gasteiger partial charge < -0.3 is 15.5 Å². The van der Waals surface area contributed by atoms with Gasteiger partial charge in [0.25, 0.3) is 5.91 Å². The van der Waals surface area contributed by atoms with E-state index < -0.39 is 18.1 Å². The summed E-state index contributed by atoms with van der Waals surface area (Å²) in [7, 11) is 0. The van der Waals surface area contributed by atoms with Gasteiger partial charge in [-0.3, -0.25) is 4.79 Å². The minimum atomic E-state index is -1.08. The number of nitrogens with one attached hydrogen (secondary N) is 2. The smallest absolute Gasteiger partial charge is 0.291 e. The van der Waals surface area contributed by atoms with Gasteiger partial charge in [-0.25, -0.2) is 13.9 Å². The Morgan fingerprint density at radius 1 is 1.19 bits per heavy atom. The summed E-state index contributed by atoms with van der Waals surface area (Å²) < 4.78 is 15.3. The van der Waals surface area contributed by atoms with Crippen LogP contribution >= 0.6 is 0 Å². The van der Waals surface area contributed by atoms with Gasteiger partial charge >= 0.3 is 0 Å². The fraction of sp³-hybridized carbons (Fsp3) is 0.435. The van der Waals surface area contributed by atoms with E-state index in [2.05, 4.69) is 38.6 Å². The molecule has 1 amide bonds. The zero-order valence-corrected chi connectivity index (χ0v) is 18.0. The highest BCUT2D eigenvalue weighted by atomic mass is 19.1. The van der Waals surface area contributed by atoms with Gasteiger partial charge in [0.1, 0.15) is 6.17 Å². The Labute approximate surface area is 181 Å². The number of hydrogen-bond acceptors (Lipinski definition) is 5. The van der Waals surface area contributed by atoms with E-state index in [1.807, 2.05) is 49.5 Å². The SMILES string of the molecule is Cc1cc(N2CCC(C)C2)cn2nc(C(=O)NC3CNCC3F)nc12.c1ccccc1. The molecule has 1 aromatic carbocycles. The number of halogens is 1. The lowest BCUT2D eigenvalue weighted by Gasteiger charge is -2.18. The zero-order chi connectivity index (χ0) is 21.8. The normalized spacial score (nSPS) is 22.9. The molecule has 0 spiro atoms. The number of hydrogen-bond donors (Lipinski definition) is 2. The molecule has 3 aromatic rings. The van der Waals surface area contributed by atoms with Crippen molar-refractivity contribution in [2.24, 2.45) is 5.92 Å². The van der Waals surface area contributed by atoms with Crippen molar-refractivity contribution < 1.29 is 9.18 Å².